The van der Waals surface area contributed by atoms with Crippen molar-refractivity contribution in [3.8, 4) is 0 Å². The van der Waals surface area contributed by atoms with E-state index in [1.54, 1.807) is 19.1 Å². The quantitative estimate of drug-likeness (QED) is 0.650. The first kappa shape index (κ1) is 20.1. The lowest BCUT2D eigenvalue weighted by Gasteiger charge is -2.35. The molecular formula is C17H22ClN3O5S. The first-order valence-electron chi connectivity index (χ1n) is 8.73. The molecule has 148 valence electrons. The fraction of sp³-hybridized carbons (Fsp3) is 0.529. The molecule has 3 rings (SSSR count). The summed E-state index contributed by atoms with van der Waals surface area (Å²) in [6.07, 6.45) is 0. The van der Waals surface area contributed by atoms with Crippen LogP contribution < -0.4 is 0 Å². The number of ether oxygens (including phenoxy) is 1. The van der Waals surface area contributed by atoms with E-state index in [1.165, 1.54) is 20.2 Å². The zero-order chi connectivity index (χ0) is 19.6. The monoisotopic (exact) mass is 415 g/mol. The smallest absolute Gasteiger partial charge is 0.312 e. The van der Waals surface area contributed by atoms with Crippen LogP contribution in [0.5, 0.6) is 0 Å². The molecule has 1 aromatic rings. The van der Waals surface area contributed by atoms with E-state index in [-0.39, 0.29) is 31.1 Å². The van der Waals surface area contributed by atoms with Gasteiger partial charge in [-0.25, -0.2) is 8.42 Å². The fourth-order valence-corrected chi connectivity index (χ4v) is 5.07. The minimum Gasteiger partial charge on any atom is -0.378 e. The number of carbonyl (C=O) groups excluding carboxylic acids is 2. The first-order chi connectivity index (χ1) is 12.8. The summed E-state index contributed by atoms with van der Waals surface area (Å²) in [6.45, 7) is 3.96. The lowest BCUT2D eigenvalue weighted by Crippen LogP contribution is -2.55. The summed E-state index contributed by atoms with van der Waals surface area (Å²) in [7, 11) is -3.71. The van der Waals surface area contributed by atoms with Crippen molar-refractivity contribution in [3.05, 3.63) is 28.8 Å². The van der Waals surface area contributed by atoms with Gasteiger partial charge in [-0.15, -0.1) is 0 Å². The molecule has 0 atom stereocenters. The molecule has 0 N–H and O–H groups in total. The number of nitrogens with zero attached hydrogens (tertiary/aromatic N) is 3. The Morgan fingerprint density at radius 1 is 0.963 bits per heavy atom. The van der Waals surface area contributed by atoms with E-state index in [1.807, 2.05) is 0 Å². The Balaban J connectivity index is 1.65. The van der Waals surface area contributed by atoms with Crippen LogP contribution in [0.25, 0.3) is 0 Å². The van der Waals surface area contributed by atoms with Gasteiger partial charge < -0.3 is 14.5 Å². The predicted molar refractivity (Wildman–Crippen MR) is 98.9 cm³/mol. The zero-order valence-corrected chi connectivity index (χ0v) is 16.6. The van der Waals surface area contributed by atoms with Crippen molar-refractivity contribution >= 4 is 33.4 Å². The number of hydrogen-bond acceptors (Lipinski definition) is 5. The molecule has 10 heteroatoms. The van der Waals surface area contributed by atoms with Crippen LogP contribution >= 0.6 is 11.6 Å². The Labute approximate surface area is 163 Å². The molecule has 0 unspecified atom stereocenters. The first-order valence-corrected chi connectivity index (χ1v) is 10.5. The van der Waals surface area contributed by atoms with Gasteiger partial charge in [0.2, 0.25) is 10.0 Å². The van der Waals surface area contributed by atoms with Crippen LogP contribution in [0.4, 0.5) is 0 Å². The van der Waals surface area contributed by atoms with Gasteiger partial charge in [-0.1, -0.05) is 17.7 Å². The number of rotatable bonds is 2. The molecule has 2 heterocycles. The number of carbonyl (C=O) groups is 2. The summed E-state index contributed by atoms with van der Waals surface area (Å²) in [5.74, 6) is -1.15. The molecule has 0 radical (unpaired) electrons. The Hall–Kier alpha value is -1.68. The molecule has 0 saturated carbocycles. The summed E-state index contributed by atoms with van der Waals surface area (Å²) in [4.78, 5) is 27.8. The molecule has 2 fully saturated rings. The number of hydrogen-bond donors (Lipinski definition) is 0. The average molecular weight is 416 g/mol. The van der Waals surface area contributed by atoms with Crippen LogP contribution in [0.3, 0.4) is 0 Å². The molecule has 2 amide bonds. The highest BCUT2D eigenvalue weighted by atomic mass is 35.5. The van der Waals surface area contributed by atoms with E-state index < -0.39 is 21.8 Å². The van der Waals surface area contributed by atoms with Crippen molar-refractivity contribution < 1.29 is 22.7 Å². The van der Waals surface area contributed by atoms with Gasteiger partial charge in [0.25, 0.3) is 0 Å². The number of piperazine rings is 1. The van der Waals surface area contributed by atoms with Crippen LogP contribution in [-0.2, 0) is 24.3 Å². The molecule has 27 heavy (non-hydrogen) atoms. The molecule has 1 aromatic carbocycles. The molecule has 2 saturated heterocycles. The third kappa shape index (κ3) is 4.26. The van der Waals surface area contributed by atoms with Crippen LogP contribution in [0.1, 0.15) is 5.56 Å². The van der Waals surface area contributed by atoms with E-state index in [4.69, 9.17) is 16.3 Å². The summed E-state index contributed by atoms with van der Waals surface area (Å²) in [5, 5.41) is 0.351. The van der Waals surface area contributed by atoms with Crippen LogP contribution in [-0.4, -0.2) is 86.8 Å². The van der Waals surface area contributed by atoms with Crippen molar-refractivity contribution in [1.82, 2.24) is 14.1 Å². The number of halogens is 1. The molecule has 2 aliphatic rings. The van der Waals surface area contributed by atoms with Gasteiger partial charge in [0.1, 0.15) is 0 Å². The van der Waals surface area contributed by atoms with Crippen LogP contribution in [0.2, 0.25) is 5.02 Å². The second-order valence-electron chi connectivity index (χ2n) is 6.51. The van der Waals surface area contributed by atoms with Gasteiger partial charge in [0, 0.05) is 44.3 Å². The van der Waals surface area contributed by atoms with Crippen molar-refractivity contribution in [1.29, 1.82) is 0 Å². The molecule has 0 aromatic heterocycles. The third-order valence-electron chi connectivity index (χ3n) is 4.78. The maximum absolute atomic E-state index is 12.9. The maximum atomic E-state index is 12.9. The highest BCUT2D eigenvalue weighted by Crippen LogP contribution is 2.24. The molecule has 0 spiro atoms. The molecule has 0 bridgehead atoms. The minimum atomic E-state index is -3.71. The highest BCUT2D eigenvalue weighted by molar-refractivity contribution is 7.89. The summed E-state index contributed by atoms with van der Waals surface area (Å²) < 4.78 is 32.3. The van der Waals surface area contributed by atoms with Crippen molar-refractivity contribution in [2.24, 2.45) is 0 Å². The lowest BCUT2D eigenvalue weighted by molar-refractivity contribution is -0.154. The van der Waals surface area contributed by atoms with Crippen molar-refractivity contribution in [2.45, 2.75) is 11.8 Å². The van der Waals surface area contributed by atoms with Crippen LogP contribution in [0.15, 0.2) is 23.1 Å². The zero-order valence-electron chi connectivity index (χ0n) is 15.1. The third-order valence-corrected chi connectivity index (χ3v) is 7.05. The van der Waals surface area contributed by atoms with E-state index in [0.717, 1.165) is 0 Å². The lowest BCUT2D eigenvalue weighted by atomic mass is 10.2. The number of benzene rings is 1. The van der Waals surface area contributed by atoms with E-state index >= 15 is 0 Å². The predicted octanol–water partition coefficient (Wildman–Crippen LogP) is 0.340. The van der Waals surface area contributed by atoms with Gasteiger partial charge in [-0.05, 0) is 24.6 Å². The molecule has 8 nitrogen and oxygen atoms in total. The number of sulfonamides is 1. The largest absolute Gasteiger partial charge is 0.378 e. The van der Waals surface area contributed by atoms with Crippen molar-refractivity contribution in [2.75, 3.05) is 52.5 Å². The number of aryl methyl sites for hydroxylation is 1. The standard InChI is InChI=1S/C17H22ClN3O5S/c1-13-2-3-14(18)12-15(13)27(24,25)21-6-4-19(5-7-21)16(22)17(23)20-8-10-26-11-9-20/h2-3,12H,4-11H2,1H3. The fourth-order valence-electron chi connectivity index (χ4n) is 3.16. The topological polar surface area (TPSA) is 87.2 Å². The Morgan fingerprint density at radius 3 is 2.11 bits per heavy atom. The van der Waals surface area contributed by atoms with Gasteiger partial charge in [0.15, 0.2) is 0 Å². The Morgan fingerprint density at radius 2 is 1.52 bits per heavy atom. The molecule has 0 aliphatic carbocycles. The van der Waals surface area contributed by atoms with Gasteiger partial charge >= 0.3 is 11.8 Å². The normalized spacial score (nSPS) is 19.2. The van der Waals surface area contributed by atoms with Gasteiger partial charge in [-0.2, -0.15) is 4.31 Å². The van der Waals surface area contributed by atoms with E-state index in [9.17, 15) is 18.0 Å². The Bertz CT molecular complexity index is 831. The van der Waals surface area contributed by atoms with Crippen LogP contribution in [0, 0.1) is 6.92 Å². The maximum Gasteiger partial charge on any atom is 0.312 e. The molecule has 2 aliphatic heterocycles. The highest BCUT2D eigenvalue weighted by Gasteiger charge is 2.34. The summed E-state index contributed by atoms with van der Waals surface area (Å²) in [5.41, 5.74) is 0.611. The molecular weight excluding hydrogens is 394 g/mol. The summed E-state index contributed by atoms with van der Waals surface area (Å²) >= 11 is 5.95. The average Bonchev–Trinajstić information content (AvgIpc) is 2.69. The summed E-state index contributed by atoms with van der Waals surface area (Å²) in [6, 6.07) is 4.74. The number of morpholine rings is 1. The SMILES string of the molecule is Cc1ccc(Cl)cc1S(=O)(=O)N1CCN(C(=O)C(=O)N2CCOCC2)CC1. The van der Waals surface area contributed by atoms with E-state index in [2.05, 4.69) is 0 Å². The second kappa shape index (κ2) is 8.14. The Kier molecular flexibility index (Phi) is 6.05. The van der Waals surface area contributed by atoms with E-state index in [0.29, 0.717) is 36.9 Å². The number of amides is 2. The van der Waals surface area contributed by atoms with Crippen molar-refractivity contribution in [3.63, 3.8) is 0 Å². The minimum absolute atomic E-state index is 0.135. The van der Waals surface area contributed by atoms with Gasteiger partial charge in [0.05, 0.1) is 18.1 Å². The van der Waals surface area contributed by atoms with Gasteiger partial charge in [-0.3, -0.25) is 9.59 Å². The second-order valence-corrected chi connectivity index (χ2v) is 8.85.